The van der Waals surface area contributed by atoms with Gasteiger partial charge < -0.3 is 10.2 Å². The predicted molar refractivity (Wildman–Crippen MR) is 111 cm³/mol. The minimum Gasteiger partial charge on any atom is -0.333 e. The van der Waals surface area contributed by atoms with Gasteiger partial charge in [-0.15, -0.1) is 21.5 Å². The first kappa shape index (κ1) is 19.0. The molecule has 0 spiro atoms. The molecule has 9 heteroatoms. The number of carbonyl (C=O) groups excluding carboxylic acids is 2. The minimum atomic E-state index is -0.333. The van der Waals surface area contributed by atoms with E-state index in [0.29, 0.717) is 28.7 Å². The third kappa shape index (κ3) is 4.24. The topological polar surface area (TPSA) is 75.2 Å². The molecule has 4 rings (SSSR count). The molecule has 1 aromatic carbocycles. The Kier molecular flexibility index (Phi) is 5.70. The maximum Gasteiger partial charge on any atom is 0.286 e. The van der Waals surface area contributed by atoms with Crippen LogP contribution in [0.25, 0.3) is 0 Å². The van der Waals surface area contributed by atoms with Crippen molar-refractivity contribution < 1.29 is 9.59 Å². The van der Waals surface area contributed by atoms with Crippen LogP contribution in [0.1, 0.15) is 38.6 Å². The summed E-state index contributed by atoms with van der Waals surface area (Å²) in [5.74, 6) is -0.245. The monoisotopic (exact) mass is 432 g/mol. The van der Waals surface area contributed by atoms with E-state index in [0.717, 1.165) is 17.7 Å². The van der Waals surface area contributed by atoms with Crippen molar-refractivity contribution >= 4 is 51.8 Å². The molecule has 0 bridgehead atoms. The standard InChI is InChI=1S/C19H17ClN4O2S2/c20-12-4-1-5-13(10-12)21-17(26)19-23-22-18(28-19)15-7-2-8-24(15)16(25)11-14-6-3-9-27-14/h1,3-6,9-10,15H,2,7-8,11H2,(H,21,26). The molecule has 1 aliphatic heterocycles. The molecular weight excluding hydrogens is 416 g/mol. The average Bonchev–Trinajstić information content (AvgIpc) is 3.42. The second kappa shape index (κ2) is 8.38. The number of anilines is 1. The second-order valence-corrected chi connectivity index (χ2v) is 8.89. The van der Waals surface area contributed by atoms with E-state index in [4.69, 9.17) is 11.6 Å². The minimum absolute atomic E-state index is 0.0880. The van der Waals surface area contributed by atoms with Gasteiger partial charge in [0.05, 0.1) is 12.5 Å². The summed E-state index contributed by atoms with van der Waals surface area (Å²) in [7, 11) is 0. The molecule has 0 radical (unpaired) electrons. The summed E-state index contributed by atoms with van der Waals surface area (Å²) in [6, 6.07) is 10.7. The fraction of sp³-hybridized carbons (Fsp3) is 0.263. The van der Waals surface area contributed by atoms with Crippen molar-refractivity contribution in [2.24, 2.45) is 0 Å². The lowest BCUT2D eigenvalue weighted by molar-refractivity contribution is -0.131. The fourth-order valence-electron chi connectivity index (χ4n) is 3.20. The van der Waals surface area contributed by atoms with Gasteiger partial charge in [-0.2, -0.15) is 0 Å². The van der Waals surface area contributed by atoms with Crippen LogP contribution in [-0.4, -0.2) is 33.5 Å². The highest BCUT2D eigenvalue weighted by Gasteiger charge is 2.33. The highest BCUT2D eigenvalue weighted by Crippen LogP contribution is 2.34. The molecule has 28 heavy (non-hydrogen) atoms. The quantitative estimate of drug-likeness (QED) is 0.647. The van der Waals surface area contributed by atoms with Gasteiger partial charge in [0.1, 0.15) is 5.01 Å². The van der Waals surface area contributed by atoms with Crippen molar-refractivity contribution in [1.29, 1.82) is 0 Å². The normalized spacial score (nSPS) is 16.3. The molecular formula is C19H17ClN4O2S2. The van der Waals surface area contributed by atoms with E-state index < -0.39 is 0 Å². The summed E-state index contributed by atoms with van der Waals surface area (Å²) in [6.45, 7) is 0.707. The summed E-state index contributed by atoms with van der Waals surface area (Å²) in [5, 5.41) is 14.5. The van der Waals surface area contributed by atoms with E-state index >= 15 is 0 Å². The largest absolute Gasteiger partial charge is 0.333 e. The Labute approximate surface area is 175 Å². The van der Waals surface area contributed by atoms with Gasteiger partial charge in [0.25, 0.3) is 5.91 Å². The molecule has 2 amide bonds. The molecule has 2 aromatic heterocycles. The van der Waals surface area contributed by atoms with Crippen molar-refractivity contribution in [3.05, 3.63) is 61.7 Å². The van der Waals surface area contributed by atoms with Gasteiger partial charge in [0, 0.05) is 22.1 Å². The molecule has 1 N–H and O–H groups in total. The van der Waals surface area contributed by atoms with Crippen molar-refractivity contribution in [2.75, 3.05) is 11.9 Å². The molecule has 144 valence electrons. The highest BCUT2D eigenvalue weighted by atomic mass is 35.5. The van der Waals surface area contributed by atoms with E-state index in [1.165, 1.54) is 11.3 Å². The first-order valence-corrected chi connectivity index (χ1v) is 10.9. The maximum atomic E-state index is 12.7. The number of amides is 2. The van der Waals surface area contributed by atoms with Crippen LogP contribution < -0.4 is 5.32 Å². The van der Waals surface area contributed by atoms with Crippen molar-refractivity contribution in [2.45, 2.75) is 25.3 Å². The van der Waals surface area contributed by atoms with Crippen LogP contribution in [0.4, 0.5) is 5.69 Å². The van der Waals surface area contributed by atoms with Crippen LogP contribution in [0.2, 0.25) is 5.02 Å². The molecule has 0 aliphatic carbocycles. The lowest BCUT2D eigenvalue weighted by Crippen LogP contribution is -2.31. The third-order valence-corrected chi connectivity index (χ3v) is 6.62. The number of hydrogen-bond donors (Lipinski definition) is 1. The molecule has 3 heterocycles. The Morgan fingerprint density at radius 3 is 2.93 bits per heavy atom. The van der Waals surface area contributed by atoms with Crippen LogP contribution in [0.3, 0.4) is 0 Å². The summed E-state index contributed by atoms with van der Waals surface area (Å²) in [6.07, 6.45) is 2.15. The second-order valence-electron chi connectivity index (χ2n) is 6.41. The number of rotatable bonds is 5. The number of thiophene rings is 1. The number of nitrogens with zero attached hydrogens (tertiary/aromatic N) is 3. The van der Waals surface area contributed by atoms with E-state index in [9.17, 15) is 9.59 Å². The van der Waals surface area contributed by atoms with Crippen molar-refractivity contribution in [3.8, 4) is 0 Å². The van der Waals surface area contributed by atoms with Crippen molar-refractivity contribution in [1.82, 2.24) is 15.1 Å². The summed E-state index contributed by atoms with van der Waals surface area (Å²) < 4.78 is 0. The van der Waals surface area contributed by atoms with Crippen LogP contribution >= 0.6 is 34.3 Å². The zero-order valence-corrected chi connectivity index (χ0v) is 17.2. The van der Waals surface area contributed by atoms with E-state index in [2.05, 4.69) is 15.5 Å². The van der Waals surface area contributed by atoms with Gasteiger partial charge in [-0.25, -0.2) is 0 Å². The van der Waals surface area contributed by atoms with Crippen LogP contribution in [-0.2, 0) is 11.2 Å². The molecule has 1 unspecified atom stereocenters. The summed E-state index contributed by atoms with van der Waals surface area (Å²) >= 11 is 8.76. The van der Waals surface area contributed by atoms with Gasteiger partial charge in [-0.1, -0.05) is 35.1 Å². The number of carbonyl (C=O) groups is 2. The van der Waals surface area contributed by atoms with Gasteiger partial charge in [-0.05, 0) is 42.5 Å². The summed E-state index contributed by atoms with van der Waals surface area (Å²) in [5.41, 5.74) is 0.600. The molecule has 6 nitrogen and oxygen atoms in total. The first-order chi connectivity index (χ1) is 13.6. The molecule has 1 atom stereocenters. The van der Waals surface area contributed by atoms with Gasteiger partial charge in [0.15, 0.2) is 0 Å². The zero-order chi connectivity index (χ0) is 19.5. The number of nitrogens with one attached hydrogen (secondary N) is 1. The number of benzene rings is 1. The van der Waals surface area contributed by atoms with Crippen molar-refractivity contribution in [3.63, 3.8) is 0 Å². The van der Waals surface area contributed by atoms with Gasteiger partial charge in [0.2, 0.25) is 10.9 Å². The Morgan fingerprint density at radius 1 is 1.25 bits per heavy atom. The van der Waals surface area contributed by atoms with E-state index in [-0.39, 0.29) is 22.9 Å². The smallest absolute Gasteiger partial charge is 0.286 e. The Hall–Kier alpha value is -2.29. The van der Waals surface area contributed by atoms with Gasteiger partial charge in [-0.3, -0.25) is 9.59 Å². The fourth-order valence-corrected chi connectivity index (χ4v) is 4.97. The van der Waals surface area contributed by atoms with Gasteiger partial charge >= 0.3 is 0 Å². The molecule has 0 saturated carbocycles. The predicted octanol–water partition coefficient (Wildman–Crippen LogP) is 4.41. The zero-order valence-electron chi connectivity index (χ0n) is 14.8. The number of likely N-dealkylation sites (tertiary alicyclic amines) is 1. The van der Waals surface area contributed by atoms with E-state index in [1.807, 2.05) is 22.4 Å². The third-order valence-electron chi connectivity index (χ3n) is 4.48. The number of hydrogen-bond acceptors (Lipinski definition) is 6. The maximum absolute atomic E-state index is 12.7. The lowest BCUT2D eigenvalue weighted by Gasteiger charge is -2.22. The Morgan fingerprint density at radius 2 is 2.14 bits per heavy atom. The molecule has 1 fully saturated rings. The van der Waals surface area contributed by atoms with Crippen LogP contribution in [0, 0.1) is 0 Å². The number of aromatic nitrogens is 2. The summed E-state index contributed by atoms with van der Waals surface area (Å²) in [4.78, 5) is 28.1. The Balaban J connectivity index is 1.45. The SMILES string of the molecule is O=C(Nc1cccc(Cl)c1)c1nnc(C2CCCN2C(=O)Cc2cccs2)s1. The molecule has 1 saturated heterocycles. The first-order valence-electron chi connectivity index (χ1n) is 8.82. The molecule has 3 aromatic rings. The van der Waals surface area contributed by atoms with Crippen LogP contribution in [0.5, 0.6) is 0 Å². The van der Waals surface area contributed by atoms with Crippen LogP contribution in [0.15, 0.2) is 41.8 Å². The Bertz CT molecular complexity index is 990. The molecule has 1 aliphatic rings. The highest BCUT2D eigenvalue weighted by molar-refractivity contribution is 7.13. The van der Waals surface area contributed by atoms with E-state index in [1.54, 1.807) is 35.6 Å². The lowest BCUT2D eigenvalue weighted by atomic mass is 10.2. The number of halogens is 1. The average molecular weight is 433 g/mol.